The SMILES string of the molecule is CCCC1CC(C(=O)O)N(c2cc(CN3CCN(C(=O)OC(C)(C)C)CC3)ccc2C(F)(F)F)C1. The topological polar surface area (TPSA) is 73.3 Å². The van der Waals surface area contributed by atoms with Gasteiger partial charge in [-0.15, -0.1) is 0 Å². The van der Waals surface area contributed by atoms with E-state index in [1.807, 2.05) is 27.7 Å². The largest absolute Gasteiger partial charge is 0.480 e. The van der Waals surface area contributed by atoms with Gasteiger partial charge < -0.3 is 19.6 Å². The van der Waals surface area contributed by atoms with Gasteiger partial charge in [0.1, 0.15) is 11.6 Å². The minimum absolute atomic E-state index is 0.0479. The number of hydrogen-bond acceptors (Lipinski definition) is 5. The average molecular weight is 500 g/mol. The lowest BCUT2D eigenvalue weighted by molar-refractivity contribution is -0.140. The van der Waals surface area contributed by atoms with Gasteiger partial charge in [0.2, 0.25) is 0 Å². The van der Waals surface area contributed by atoms with Crippen LogP contribution in [0, 0.1) is 5.92 Å². The average Bonchev–Trinajstić information content (AvgIpc) is 3.17. The molecule has 0 aromatic heterocycles. The van der Waals surface area contributed by atoms with E-state index < -0.39 is 29.4 Å². The Hall–Kier alpha value is -2.49. The Balaban J connectivity index is 1.76. The summed E-state index contributed by atoms with van der Waals surface area (Å²) in [6.07, 6.45) is -2.98. The lowest BCUT2D eigenvalue weighted by atomic mass is 10.0. The lowest BCUT2D eigenvalue weighted by Crippen LogP contribution is -2.49. The summed E-state index contributed by atoms with van der Waals surface area (Å²) in [5.41, 5.74) is -0.765. The number of halogens is 3. The number of benzene rings is 1. The summed E-state index contributed by atoms with van der Waals surface area (Å²) in [6, 6.07) is 3.04. The molecule has 0 saturated carbocycles. The van der Waals surface area contributed by atoms with Crippen molar-refractivity contribution in [1.82, 2.24) is 9.80 Å². The van der Waals surface area contributed by atoms with E-state index in [9.17, 15) is 27.9 Å². The first kappa shape index (κ1) is 27.1. The molecule has 2 fully saturated rings. The van der Waals surface area contributed by atoms with Crippen LogP contribution in [0.2, 0.25) is 0 Å². The lowest BCUT2D eigenvalue weighted by Gasteiger charge is -2.36. The molecule has 2 unspecified atom stereocenters. The van der Waals surface area contributed by atoms with E-state index in [0.29, 0.717) is 51.3 Å². The van der Waals surface area contributed by atoms with Crippen molar-refractivity contribution in [2.45, 2.75) is 71.3 Å². The van der Waals surface area contributed by atoms with Crippen molar-refractivity contribution in [3.05, 3.63) is 29.3 Å². The fourth-order valence-electron chi connectivity index (χ4n) is 4.87. The van der Waals surface area contributed by atoms with Gasteiger partial charge in [0, 0.05) is 39.3 Å². The first-order valence-electron chi connectivity index (χ1n) is 12.2. The molecule has 1 aromatic rings. The minimum Gasteiger partial charge on any atom is -0.480 e. The van der Waals surface area contributed by atoms with Gasteiger partial charge in [0.05, 0.1) is 11.3 Å². The van der Waals surface area contributed by atoms with Crippen LogP contribution in [0.3, 0.4) is 0 Å². The van der Waals surface area contributed by atoms with Crippen molar-refractivity contribution < 1.29 is 32.6 Å². The molecule has 10 heteroatoms. The third-order valence-corrected chi connectivity index (χ3v) is 6.48. The highest BCUT2D eigenvalue weighted by Gasteiger charge is 2.42. The number of hydrogen-bond donors (Lipinski definition) is 1. The molecule has 0 radical (unpaired) electrons. The molecular weight excluding hydrogens is 463 g/mol. The monoisotopic (exact) mass is 499 g/mol. The molecule has 3 rings (SSSR count). The number of anilines is 1. The normalized spacial score (nSPS) is 21.9. The highest BCUT2D eigenvalue weighted by atomic mass is 19.4. The number of ether oxygens (including phenoxy) is 1. The summed E-state index contributed by atoms with van der Waals surface area (Å²) < 4.78 is 47.0. The van der Waals surface area contributed by atoms with Gasteiger partial charge in [-0.05, 0) is 57.2 Å². The molecule has 1 aromatic carbocycles. The van der Waals surface area contributed by atoms with Crippen LogP contribution in [0.5, 0.6) is 0 Å². The molecular formula is C25H36F3N3O4. The Morgan fingerprint density at radius 1 is 1.11 bits per heavy atom. The number of carbonyl (C=O) groups is 2. The van der Waals surface area contributed by atoms with Crippen molar-refractivity contribution in [1.29, 1.82) is 0 Å². The Bertz CT molecular complexity index is 908. The Kier molecular flexibility index (Phi) is 8.24. The molecule has 35 heavy (non-hydrogen) atoms. The van der Waals surface area contributed by atoms with E-state index in [0.717, 1.165) is 18.9 Å². The Morgan fingerprint density at radius 2 is 1.77 bits per heavy atom. The zero-order valence-corrected chi connectivity index (χ0v) is 20.9. The second-order valence-electron chi connectivity index (χ2n) is 10.5. The second-order valence-corrected chi connectivity index (χ2v) is 10.5. The van der Waals surface area contributed by atoms with Crippen LogP contribution >= 0.6 is 0 Å². The van der Waals surface area contributed by atoms with Gasteiger partial charge in [0.15, 0.2) is 0 Å². The van der Waals surface area contributed by atoms with Crippen LogP contribution in [0.1, 0.15) is 58.1 Å². The smallest absolute Gasteiger partial charge is 0.418 e. The van der Waals surface area contributed by atoms with Crippen LogP contribution in [-0.2, 0) is 22.3 Å². The minimum atomic E-state index is -4.58. The quantitative estimate of drug-likeness (QED) is 0.604. The molecule has 196 valence electrons. The fourth-order valence-corrected chi connectivity index (χ4v) is 4.87. The number of carboxylic acid groups (broad SMARTS) is 1. The fraction of sp³-hybridized carbons (Fsp3) is 0.680. The summed E-state index contributed by atoms with van der Waals surface area (Å²) in [5, 5.41) is 9.72. The summed E-state index contributed by atoms with van der Waals surface area (Å²) in [7, 11) is 0. The van der Waals surface area contributed by atoms with Gasteiger partial charge in [-0.1, -0.05) is 19.4 Å². The van der Waals surface area contributed by atoms with Crippen molar-refractivity contribution in [3.8, 4) is 0 Å². The number of aliphatic carboxylic acids is 1. The van der Waals surface area contributed by atoms with Crippen LogP contribution in [0.25, 0.3) is 0 Å². The third kappa shape index (κ3) is 7.02. The number of piperazine rings is 1. The van der Waals surface area contributed by atoms with E-state index in [-0.39, 0.29) is 17.7 Å². The highest BCUT2D eigenvalue weighted by Crippen LogP contribution is 2.41. The van der Waals surface area contributed by atoms with E-state index in [1.165, 1.54) is 17.0 Å². The summed E-state index contributed by atoms with van der Waals surface area (Å²) in [6.45, 7) is 10.2. The number of nitrogens with zero attached hydrogens (tertiary/aromatic N) is 3. The molecule has 2 saturated heterocycles. The van der Waals surface area contributed by atoms with Gasteiger partial charge in [0.25, 0.3) is 0 Å². The third-order valence-electron chi connectivity index (χ3n) is 6.48. The molecule has 1 N–H and O–H groups in total. The van der Waals surface area contributed by atoms with Crippen LogP contribution in [0.15, 0.2) is 18.2 Å². The summed E-state index contributed by atoms with van der Waals surface area (Å²) in [4.78, 5) is 29.3. The first-order valence-corrected chi connectivity index (χ1v) is 12.2. The number of amides is 1. The van der Waals surface area contributed by atoms with Gasteiger partial charge >= 0.3 is 18.2 Å². The molecule has 2 heterocycles. The van der Waals surface area contributed by atoms with Crippen LogP contribution in [-0.4, -0.2) is 71.3 Å². The second kappa shape index (κ2) is 10.6. The summed E-state index contributed by atoms with van der Waals surface area (Å²) in [5.74, 6) is -1.05. The van der Waals surface area contributed by atoms with Crippen molar-refractivity contribution >= 4 is 17.7 Å². The molecule has 2 aliphatic rings. The van der Waals surface area contributed by atoms with Crippen molar-refractivity contribution in [2.75, 3.05) is 37.6 Å². The van der Waals surface area contributed by atoms with Gasteiger partial charge in [-0.2, -0.15) is 13.2 Å². The Morgan fingerprint density at radius 3 is 2.31 bits per heavy atom. The number of rotatable bonds is 6. The van der Waals surface area contributed by atoms with E-state index in [2.05, 4.69) is 4.90 Å². The summed E-state index contributed by atoms with van der Waals surface area (Å²) >= 11 is 0. The maximum absolute atomic E-state index is 13.9. The number of carbonyl (C=O) groups excluding carboxylic acids is 1. The zero-order valence-electron chi connectivity index (χ0n) is 20.9. The molecule has 2 aliphatic heterocycles. The van der Waals surface area contributed by atoms with Gasteiger partial charge in [-0.3, -0.25) is 4.90 Å². The first-order chi connectivity index (χ1) is 16.3. The van der Waals surface area contributed by atoms with Crippen molar-refractivity contribution in [2.24, 2.45) is 5.92 Å². The highest BCUT2D eigenvalue weighted by molar-refractivity contribution is 5.80. The van der Waals surface area contributed by atoms with E-state index in [1.54, 1.807) is 4.90 Å². The predicted molar refractivity (Wildman–Crippen MR) is 126 cm³/mol. The molecule has 0 aliphatic carbocycles. The maximum atomic E-state index is 13.9. The van der Waals surface area contributed by atoms with Gasteiger partial charge in [-0.25, -0.2) is 9.59 Å². The van der Waals surface area contributed by atoms with Crippen LogP contribution < -0.4 is 4.90 Å². The standard InChI is InChI=1S/C25H36F3N3O4/c1-5-6-17-14-21(22(32)33)31(16-17)20-13-18(7-8-19(20)25(26,27)28)15-29-9-11-30(12-10-29)23(34)35-24(2,3)4/h7-8,13,17,21H,5-6,9-12,14-16H2,1-4H3,(H,32,33). The predicted octanol–water partition coefficient (Wildman–Crippen LogP) is 4.84. The molecule has 0 bridgehead atoms. The number of alkyl halides is 3. The maximum Gasteiger partial charge on any atom is 0.418 e. The van der Waals surface area contributed by atoms with E-state index in [4.69, 9.17) is 4.74 Å². The number of carboxylic acids is 1. The van der Waals surface area contributed by atoms with E-state index >= 15 is 0 Å². The van der Waals surface area contributed by atoms with Crippen LogP contribution in [0.4, 0.5) is 23.7 Å². The zero-order chi connectivity index (χ0) is 26.0. The molecule has 2 atom stereocenters. The molecule has 7 nitrogen and oxygen atoms in total. The van der Waals surface area contributed by atoms with Crippen molar-refractivity contribution in [3.63, 3.8) is 0 Å². The molecule has 0 spiro atoms. The molecule has 1 amide bonds. The Labute approximate surface area is 204 Å².